The fourth-order valence-electron chi connectivity index (χ4n) is 1.68. The number of nitro groups is 1. The van der Waals surface area contributed by atoms with E-state index in [2.05, 4.69) is 4.99 Å². The van der Waals surface area contributed by atoms with E-state index < -0.39 is 4.92 Å². The molecule has 0 spiro atoms. The van der Waals surface area contributed by atoms with Gasteiger partial charge in [-0.2, -0.15) is 4.73 Å². The maximum absolute atomic E-state index is 10.6. The second-order valence-electron chi connectivity index (χ2n) is 3.82. The fourth-order valence-corrected chi connectivity index (χ4v) is 1.68. The van der Waals surface area contributed by atoms with Gasteiger partial charge < -0.3 is 9.94 Å². The Morgan fingerprint density at radius 3 is 2.88 bits per heavy atom. The molecule has 1 aromatic rings. The third-order valence-electron chi connectivity index (χ3n) is 2.61. The van der Waals surface area contributed by atoms with E-state index in [4.69, 9.17) is 4.74 Å². The van der Waals surface area contributed by atoms with E-state index in [-0.39, 0.29) is 17.2 Å². The van der Waals surface area contributed by atoms with Crippen molar-refractivity contribution in [1.29, 1.82) is 0 Å². The molecule has 1 aromatic heterocycles. The van der Waals surface area contributed by atoms with E-state index in [0.29, 0.717) is 13.2 Å². The molecule has 0 aromatic carbocycles. The molecule has 2 heterocycles. The molecule has 1 fully saturated rings. The molecule has 1 N–H and O–H groups in total. The van der Waals surface area contributed by atoms with Crippen molar-refractivity contribution in [1.82, 2.24) is 4.73 Å². The number of aromatic nitrogens is 1. The minimum atomic E-state index is -0.511. The molecule has 0 unspecified atom stereocenters. The summed E-state index contributed by atoms with van der Waals surface area (Å²) in [7, 11) is 0. The number of hydrogen-bond acceptors (Lipinski definition) is 5. The zero-order chi connectivity index (χ0) is 12.3. The summed E-state index contributed by atoms with van der Waals surface area (Å²) in [5.74, 6) is 0. The van der Waals surface area contributed by atoms with Gasteiger partial charge in [0, 0.05) is 19.3 Å². The van der Waals surface area contributed by atoms with Crippen LogP contribution in [0.15, 0.2) is 23.3 Å². The lowest BCUT2D eigenvalue weighted by molar-refractivity contribution is -0.385. The average molecular weight is 239 g/mol. The molecule has 0 amide bonds. The first-order chi connectivity index (χ1) is 8.16. The number of hydrogen-bond donors (Lipinski definition) is 1. The van der Waals surface area contributed by atoms with Crippen molar-refractivity contribution in [2.45, 2.75) is 18.9 Å². The van der Waals surface area contributed by atoms with Gasteiger partial charge in [0.05, 0.1) is 23.2 Å². The van der Waals surface area contributed by atoms with Crippen molar-refractivity contribution < 1.29 is 14.9 Å². The van der Waals surface area contributed by atoms with E-state index >= 15 is 0 Å². The summed E-state index contributed by atoms with van der Waals surface area (Å²) in [6.07, 6.45) is 2.75. The molecule has 7 heteroatoms. The quantitative estimate of drug-likeness (QED) is 0.467. The Morgan fingerprint density at radius 1 is 1.53 bits per heavy atom. The molecular weight excluding hydrogens is 226 g/mol. The Hall–Kier alpha value is -1.89. The Balaban J connectivity index is 2.32. The van der Waals surface area contributed by atoms with Gasteiger partial charge in [-0.15, -0.1) is 0 Å². The third-order valence-corrected chi connectivity index (χ3v) is 2.61. The van der Waals surface area contributed by atoms with Crippen molar-refractivity contribution in [3.05, 3.63) is 33.9 Å². The molecule has 1 aliphatic heterocycles. The number of rotatable bonds is 2. The van der Waals surface area contributed by atoms with Gasteiger partial charge in [-0.1, -0.05) is 0 Å². The van der Waals surface area contributed by atoms with Crippen LogP contribution in [0, 0.1) is 10.1 Å². The van der Waals surface area contributed by atoms with Gasteiger partial charge >= 0.3 is 0 Å². The first-order valence-corrected chi connectivity index (χ1v) is 5.35. The van der Waals surface area contributed by atoms with Crippen LogP contribution in [0.25, 0.3) is 0 Å². The van der Waals surface area contributed by atoms with Crippen LogP contribution in [0.2, 0.25) is 0 Å². The lowest BCUT2D eigenvalue weighted by Crippen LogP contribution is -2.25. The largest absolute Gasteiger partial charge is 0.427 e. The summed E-state index contributed by atoms with van der Waals surface area (Å²) >= 11 is 0. The number of ether oxygens (including phenoxy) is 1. The zero-order valence-electron chi connectivity index (χ0n) is 9.15. The van der Waals surface area contributed by atoms with Crippen LogP contribution < -0.4 is 5.49 Å². The van der Waals surface area contributed by atoms with Gasteiger partial charge in [-0.25, -0.2) is 0 Å². The Morgan fingerprint density at radius 2 is 2.24 bits per heavy atom. The molecule has 0 atom stereocenters. The molecular formula is C10H13N3O4. The highest BCUT2D eigenvalue weighted by Crippen LogP contribution is 2.10. The maximum Gasteiger partial charge on any atom is 0.274 e. The highest BCUT2D eigenvalue weighted by Gasteiger charge is 2.13. The summed E-state index contributed by atoms with van der Waals surface area (Å²) < 4.78 is 5.99. The van der Waals surface area contributed by atoms with Crippen molar-refractivity contribution in [3.63, 3.8) is 0 Å². The van der Waals surface area contributed by atoms with Crippen LogP contribution >= 0.6 is 0 Å². The minimum Gasteiger partial charge on any atom is -0.427 e. The third kappa shape index (κ3) is 2.82. The number of pyridine rings is 1. The summed E-state index contributed by atoms with van der Waals surface area (Å²) in [6, 6.07) is 2.53. The molecule has 17 heavy (non-hydrogen) atoms. The van der Waals surface area contributed by atoms with E-state index in [0.717, 1.165) is 17.6 Å². The van der Waals surface area contributed by atoms with Gasteiger partial charge in [0.1, 0.15) is 0 Å². The zero-order valence-corrected chi connectivity index (χ0v) is 9.15. The summed E-state index contributed by atoms with van der Waals surface area (Å²) in [5, 5.41) is 20.1. The van der Waals surface area contributed by atoms with Crippen molar-refractivity contribution in [3.8, 4) is 0 Å². The fraction of sp³-hybridized carbons (Fsp3) is 0.500. The van der Waals surface area contributed by atoms with Gasteiger partial charge in [0.25, 0.3) is 5.69 Å². The van der Waals surface area contributed by atoms with Gasteiger partial charge in [-0.3, -0.25) is 15.1 Å². The summed E-state index contributed by atoms with van der Waals surface area (Å²) in [5.41, 5.74) is 0.118. The standard InChI is InChI=1S/C10H13N3O4/c14-12-4-1-9(13(15)16)7-10(12)11-8-2-5-17-6-3-8/h1,4,7-8,14H,2-3,5-6H2. The first-order valence-electron chi connectivity index (χ1n) is 5.35. The molecule has 0 bridgehead atoms. The Labute approximate surface area is 97.1 Å². The van der Waals surface area contributed by atoms with Crippen molar-refractivity contribution in [2.24, 2.45) is 4.99 Å². The van der Waals surface area contributed by atoms with E-state index in [1.807, 2.05) is 0 Å². The summed E-state index contributed by atoms with van der Waals surface area (Å²) in [6.45, 7) is 1.27. The molecule has 92 valence electrons. The Kier molecular flexibility index (Phi) is 3.38. The van der Waals surface area contributed by atoms with E-state index in [1.165, 1.54) is 18.3 Å². The second-order valence-corrected chi connectivity index (χ2v) is 3.82. The molecule has 2 rings (SSSR count). The summed E-state index contributed by atoms with van der Waals surface area (Å²) in [4.78, 5) is 14.4. The predicted molar refractivity (Wildman–Crippen MR) is 57.7 cm³/mol. The van der Waals surface area contributed by atoms with Crippen LogP contribution in [0.3, 0.4) is 0 Å². The molecule has 7 nitrogen and oxygen atoms in total. The molecule has 1 aliphatic rings. The topological polar surface area (TPSA) is 89.9 Å². The lowest BCUT2D eigenvalue weighted by atomic mass is 10.1. The number of nitrogens with zero attached hydrogens (tertiary/aromatic N) is 3. The highest BCUT2D eigenvalue weighted by atomic mass is 16.6. The average Bonchev–Trinajstić information content (AvgIpc) is 2.33. The second kappa shape index (κ2) is 4.96. The van der Waals surface area contributed by atoms with E-state index in [9.17, 15) is 15.3 Å². The highest BCUT2D eigenvalue weighted by molar-refractivity contribution is 5.25. The molecule has 0 aliphatic carbocycles. The normalized spacial score (nSPS) is 18.2. The van der Waals surface area contributed by atoms with E-state index in [1.54, 1.807) is 0 Å². The molecule has 1 saturated heterocycles. The molecule has 0 saturated carbocycles. The smallest absolute Gasteiger partial charge is 0.274 e. The van der Waals surface area contributed by atoms with Crippen LogP contribution in [-0.2, 0) is 4.74 Å². The predicted octanol–water partition coefficient (Wildman–Crippen LogP) is 0.713. The van der Waals surface area contributed by atoms with Crippen LogP contribution in [0.1, 0.15) is 12.8 Å². The Bertz CT molecular complexity index is 477. The van der Waals surface area contributed by atoms with Gasteiger partial charge in [0.15, 0.2) is 5.49 Å². The maximum atomic E-state index is 10.6. The van der Waals surface area contributed by atoms with Gasteiger partial charge in [-0.05, 0) is 12.8 Å². The lowest BCUT2D eigenvalue weighted by Gasteiger charge is -2.17. The van der Waals surface area contributed by atoms with Gasteiger partial charge in [0.2, 0.25) is 0 Å². The SMILES string of the molecule is O=[N+]([O-])c1ccn(O)c(=NC2CCOCC2)c1. The minimum absolute atomic E-state index is 0.0455. The first kappa shape index (κ1) is 11.6. The van der Waals surface area contributed by atoms with Crippen molar-refractivity contribution in [2.75, 3.05) is 13.2 Å². The van der Waals surface area contributed by atoms with Crippen molar-refractivity contribution >= 4 is 5.69 Å². The van der Waals surface area contributed by atoms with Crippen LogP contribution in [0.4, 0.5) is 5.69 Å². The van der Waals surface area contributed by atoms with Crippen LogP contribution in [0.5, 0.6) is 0 Å². The molecule has 0 radical (unpaired) electrons. The monoisotopic (exact) mass is 239 g/mol. The van der Waals surface area contributed by atoms with Crippen LogP contribution in [-0.4, -0.2) is 34.1 Å².